The topological polar surface area (TPSA) is 29.3 Å². The van der Waals surface area contributed by atoms with Crippen molar-refractivity contribution in [1.29, 1.82) is 0 Å². The average Bonchev–Trinajstić information content (AvgIpc) is 2.32. The maximum absolute atomic E-state index is 13.5. The summed E-state index contributed by atoms with van der Waals surface area (Å²) >= 11 is 4.84. The lowest BCUT2D eigenvalue weighted by Gasteiger charge is -2.26. The van der Waals surface area contributed by atoms with Crippen LogP contribution in [0.3, 0.4) is 0 Å². The zero-order valence-corrected chi connectivity index (χ0v) is 12.1. The Morgan fingerprint density at radius 3 is 2.50 bits per heavy atom. The van der Waals surface area contributed by atoms with Gasteiger partial charge >= 0.3 is 0 Å². The molecule has 0 heterocycles. The van der Waals surface area contributed by atoms with Gasteiger partial charge in [-0.1, -0.05) is 32.1 Å². The second-order valence-corrected chi connectivity index (χ2v) is 5.00. The molecule has 0 radical (unpaired) electrons. The second kappa shape index (κ2) is 6.81. The molecule has 0 aliphatic carbocycles. The monoisotopic (exact) mass is 268 g/mol. The van der Waals surface area contributed by atoms with E-state index in [1.54, 1.807) is 12.1 Å². The molecule has 0 saturated carbocycles. The van der Waals surface area contributed by atoms with Crippen molar-refractivity contribution in [2.24, 2.45) is 5.73 Å². The van der Waals surface area contributed by atoms with Gasteiger partial charge in [0.1, 0.15) is 10.8 Å². The molecule has 2 N–H and O–H groups in total. The van der Waals surface area contributed by atoms with Crippen LogP contribution in [0.25, 0.3) is 0 Å². The zero-order chi connectivity index (χ0) is 13.7. The standard InChI is InChI=1S/C14H21FN2S/c1-4-11(5-2)17(3)9-10-6-7-13(15)12(8-10)14(16)18/h6-8,11H,4-5,9H2,1-3H3,(H2,16,18). The quantitative estimate of drug-likeness (QED) is 0.804. The molecule has 0 aromatic heterocycles. The van der Waals surface area contributed by atoms with Crippen LogP contribution in [0, 0.1) is 5.82 Å². The minimum Gasteiger partial charge on any atom is -0.389 e. The van der Waals surface area contributed by atoms with Gasteiger partial charge < -0.3 is 5.73 Å². The molecule has 100 valence electrons. The molecule has 0 spiro atoms. The molecule has 0 aliphatic rings. The van der Waals surface area contributed by atoms with E-state index < -0.39 is 0 Å². The molecule has 4 heteroatoms. The lowest BCUT2D eigenvalue weighted by atomic mass is 10.1. The second-order valence-electron chi connectivity index (χ2n) is 4.56. The number of hydrogen-bond donors (Lipinski definition) is 1. The highest BCUT2D eigenvalue weighted by molar-refractivity contribution is 7.80. The third-order valence-electron chi connectivity index (χ3n) is 3.29. The van der Waals surface area contributed by atoms with Crippen LogP contribution < -0.4 is 5.73 Å². The van der Waals surface area contributed by atoms with Crippen LogP contribution in [0.15, 0.2) is 18.2 Å². The fourth-order valence-electron chi connectivity index (χ4n) is 2.19. The van der Waals surface area contributed by atoms with E-state index in [0.29, 0.717) is 11.6 Å². The number of halogens is 1. The third kappa shape index (κ3) is 3.75. The van der Waals surface area contributed by atoms with Crippen molar-refractivity contribution < 1.29 is 4.39 Å². The van der Waals surface area contributed by atoms with Gasteiger partial charge in [0.05, 0.1) is 0 Å². The Balaban J connectivity index is 2.85. The summed E-state index contributed by atoms with van der Waals surface area (Å²) in [6, 6.07) is 5.51. The fourth-order valence-corrected chi connectivity index (χ4v) is 2.35. The van der Waals surface area contributed by atoms with Crippen LogP contribution in [-0.4, -0.2) is 23.0 Å². The van der Waals surface area contributed by atoms with Crippen molar-refractivity contribution in [3.8, 4) is 0 Å². The molecule has 1 aromatic carbocycles. The van der Waals surface area contributed by atoms with Gasteiger partial charge in [0.15, 0.2) is 0 Å². The maximum atomic E-state index is 13.5. The number of nitrogens with two attached hydrogens (primary N) is 1. The van der Waals surface area contributed by atoms with Gasteiger partial charge in [-0.25, -0.2) is 4.39 Å². The molecule has 0 unspecified atom stereocenters. The number of benzene rings is 1. The van der Waals surface area contributed by atoms with Crippen molar-refractivity contribution in [3.63, 3.8) is 0 Å². The summed E-state index contributed by atoms with van der Waals surface area (Å²) in [6.45, 7) is 5.13. The van der Waals surface area contributed by atoms with Crippen LogP contribution in [0.5, 0.6) is 0 Å². The van der Waals surface area contributed by atoms with Crippen LogP contribution in [0.1, 0.15) is 37.8 Å². The molecule has 18 heavy (non-hydrogen) atoms. The number of rotatable bonds is 6. The van der Waals surface area contributed by atoms with Crippen molar-refractivity contribution in [2.45, 2.75) is 39.3 Å². The fraction of sp³-hybridized carbons (Fsp3) is 0.500. The number of nitrogens with zero attached hydrogens (tertiary/aromatic N) is 1. The van der Waals surface area contributed by atoms with Crippen molar-refractivity contribution >= 4 is 17.2 Å². The van der Waals surface area contributed by atoms with Gasteiger partial charge in [0.2, 0.25) is 0 Å². The lowest BCUT2D eigenvalue weighted by Crippen LogP contribution is -2.30. The molecule has 0 fully saturated rings. The van der Waals surface area contributed by atoms with Gasteiger partial charge in [-0.2, -0.15) is 0 Å². The first kappa shape index (κ1) is 15.1. The van der Waals surface area contributed by atoms with Crippen LogP contribution in [0.4, 0.5) is 4.39 Å². The molecular formula is C14H21FN2S. The average molecular weight is 268 g/mol. The first-order chi connectivity index (χ1) is 8.49. The Morgan fingerprint density at radius 1 is 1.39 bits per heavy atom. The van der Waals surface area contributed by atoms with E-state index in [9.17, 15) is 4.39 Å². The molecule has 2 nitrogen and oxygen atoms in total. The molecule has 0 aliphatic heterocycles. The Hall–Kier alpha value is -1.00. The lowest BCUT2D eigenvalue weighted by molar-refractivity contribution is 0.221. The molecular weight excluding hydrogens is 247 g/mol. The van der Waals surface area contributed by atoms with Crippen molar-refractivity contribution in [2.75, 3.05) is 7.05 Å². The Kier molecular flexibility index (Phi) is 5.69. The van der Waals surface area contributed by atoms with Gasteiger partial charge in [0.25, 0.3) is 0 Å². The first-order valence-electron chi connectivity index (χ1n) is 6.28. The largest absolute Gasteiger partial charge is 0.389 e. The van der Waals surface area contributed by atoms with Crippen molar-refractivity contribution in [1.82, 2.24) is 4.90 Å². The van der Waals surface area contributed by atoms with Crippen LogP contribution in [-0.2, 0) is 6.54 Å². The highest BCUT2D eigenvalue weighted by Crippen LogP contribution is 2.15. The van der Waals surface area contributed by atoms with Crippen LogP contribution in [0.2, 0.25) is 0 Å². The normalized spacial score (nSPS) is 11.2. The summed E-state index contributed by atoms with van der Waals surface area (Å²) in [5.41, 5.74) is 6.87. The van der Waals surface area contributed by atoms with E-state index in [0.717, 1.165) is 24.9 Å². The first-order valence-corrected chi connectivity index (χ1v) is 6.68. The van der Waals surface area contributed by atoms with E-state index in [2.05, 4.69) is 25.8 Å². The maximum Gasteiger partial charge on any atom is 0.133 e. The molecule has 0 atom stereocenters. The smallest absolute Gasteiger partial charge is 0.133 e. The molecule has 1 aromatic rings. The van der Waals surface area contributed by atoms with Gasteiger partial charge in [0, 0.05) is 18.2 Å². The van der Waals surface area contributed by atoms with E-state index in [4.69, 9.17) is 18.0 Å². The highest BCUT2D eigenvalue weighted by atomic mass is 32.1. The summed E-state index contributed by atoms with van der Waals surface area (Å²) in [7, 11) is 2.08. The summed E-state index contributed by atoms with van der Waals surface area (Å²) in [6.07, 6.45) is 2.21. The highest BCUT2D eigenvalue weighted by Gasteiger charge is 2.12. The van der Waals surface area contributed by atoms with Gasteiger partial charge in [-0.05, 0) is 37.6 Å². The summed E-state index contributed by atoms with van der Waals surface area (Å²) in [4.78, 5) is 2.39. The molecule has 0 amide bonds. The Bertz CT molecular complexity index is 416. The van der Waals surface area contributed by atoms with E-state index in [-0.39, 0.29) is 10.8 Å². The van der Waals surface area contributed by atoms with E-state index >= 15 is 0 Å². The minimum absolute atomic E-state index is 0.111. The Labute approximate surface area is 114 Å². The van der Waals surface area contributed by atoms with Gasteiger partial charge in [-0.15, -0.1) is 0 Å². The van der Waals surface area contributed by atoms with Gasteiger partial charge in [-0.3, -0.25) is 4.90 Å². The summed E-state index contributed by atoms with van der Waals surface area (Å²) in [5.74, 6) is -0.351. The Morgan fingerprint density at radius 2 is 2.00 bits per heavy atom. The molecule has 0 saturated heterocycles. The molecule has 1 rings (SSSR count). The third-order valence-corrected chi connectivity index (χ3v) is 3.51. The van der Waals surface area contributed by atoms with E-state index in [1.165, 1.54) is 6.07 Å². The SMILES string of the molecule is CCC(CC)N(C)Cc1ccc(F)c(C(N)=S)c1. The minimum atomic E-state index is -0.351. The van der Waals surface area contributed by atoms with Crippen molar-refractivity contribution in [3.05, 3.63) is 35.1 Å². The van der Waals surface area contributed by atoms with Crippen LogP contribution >= 0.6 is 12.2 Å². The predicted octanol–water partition coefficient (Wildman–Crippen LogP) is 3.08. The molecule has 0 bridgehead atoms. The summed E-state index contributed by atoms with van der Waals surface area (Å²) in [5, 5.41) is 0. The van der Waals surface area contributed by atoms with E-state index in [1.807, 2.05) is 0 Å². The zero-order valence-electron chi connectivity index (χ0n) is 11.2. The number of hydrogen-bond acceptors (Lipinski definition) is 2. The predicted molar refractivity (Wildman–Crippen MR) is 78.1 cm³/mol. The number of thiocarbonyl (C=S) groups is 1. The summed E-state index contributed by atoms with van der Waals surface area (Å²) < 4.78 is 13.5.